The quantitative estimate of drug-likeness (QED) is 0.470. The van der Waals surface area contributed by atoms with Crippen molar-refractivity contribution < 1.29 is 9.32 Å². The first-order valence-corrected chi connectivity index (χ1v) is 10.2. The van der Waals surface area contributed by atoms with Gasteiger partial charge in [-0.25, -0.2) is 0 Å². The smallest absolute Gasteiger partial charge is 0.243 e. The van der Waals surface area contributed by atoms with Gasteiger partial charge in [-0.3, -0.25) is 4.79 Å². The maximum Gasteiger partial charge on any atom is 0.243 e. The molecule has 2 aromatic carbocycles. The average molecular weight is 420 g/mol. The van der Waals surface area contributed by atoms with Gasteiger partial charge in [0.1, 0.15) is 11.0 Å². The molecular weight excluding hydrogens is 400 g/mol. The summed E-state index contributed by atoms with van der Waals surface area (Å²) >= 11 is 1.27. The van der Waals surface area contributed by atoms with Crippen LogP contribution in [0.15, 0.2) is 64.3 Å². The third-order valence-corrected chi connectivity index (χ3v) is 5.65. The van der Waals surface area contributed by atoms with E-state index in [4.69, 9.17) is 4.52 Å². The van der Waals surface area contributed by atoms with Gasteiger partial charge in [0.15, 0.2) is 5.82 Å². The number of anilines is 1. The van der Waals surface area contributed by atoms with Crippen LogP contribution in [-0.2, 0) is 4.79 Å². The zero-order chi connectivity index (χ0) is 21.1. The van der Waals surface area contributed by atoms with Crippen molar-refractivity contribution in [3.05, 3.63) is 77.0 Å². The van der Waals surface area contributed by atoms with Gasteiger partial charge in [-0.15, -0.1) is 5.10 Å². The Labute approximate surface area is 177 Å². The minimum absolute atomic E-state index is 0.241. The third kappa shape index (κ3) is 4.25. The zero-order valence-electron chi connectivity index (χ0n) is 16.7. The lowest BCUT2D eigenvalue weighted by molar-refractivity contribution is -0.115. The van der Waals surface area contributed by atoms with E-state index in [1.807, 2.05) is 56.3 Å². The normalized spacial score (nSPS) is 12.0. The Morgan fingerprint density at radius 3 is 2.60 bits per heavy atom. The molecule has 0 aliphatic carbocycles. The van der Waals surface area contributed by atoms with Crippen LogP contribution in [0.4, 0.5) is 5.82 Å². The first-order valence-electron chi connectivity index (χ1n) is 9.33. The zero-order valence-corrected chi connectivity index (χ0v) is 17.6. The van der Waals surface area contributed by atoms with Gasteiger partial charge in [0.2, 0.25) is 11.1 Å². The molecule has 0 aliphatic rings. The number of hydrogen-bond acceptors (Lipinski definition) is 7. The average Bonchev–Trinajstić information content (AvgIpc) is 3.35. The molecule has 30 heavy (non-hydrogen) atoms. The number of rotatable bonds is 6. The van der Waals surface area contributed by atoms with E-state index in [9.17, 15) is 4.79 Å². The van der Waals surface area contributed by atoms with Crippen molar-refractivity contribution >= 4 is 23.5 Å². The molecular formula is C21H20N6O2S. The van der Waals surface area contributed by atoms with Crippen LogP contribution in [-0.4, -0.2) is 31.3 Å². The molecule has 2 aromatic heterocycles. The van der Waals surface area contributed by atoms with Gasteiger partial charge in [0.25, 0.3) is 0 Å². The molecule has 152 valence electrons. The Balaban J connectivity index is 1.66. The lowest BCUT2D eigenvalue weighted by atomic mass is 10.1. The molecule has 4 rings (SSSR count). The number of amides is 1. The van der Waals surface area contributed by atoms with Crippen molar-refractivity contribution in [2.24, 2.45) is 0 Å². The number of nitrogens with one attached hydrogen (secondary N) is 1. The number of hydrogen-bond donors (Lipinski definition) is 1. The van der Waals surface area contributed by atoms with E-state index in [0.29, 0.717) is 16.7 Å². The Kier molecular flexibility index (Phi) is 5.62. The van der Waals surface area contributed by atoms with Gasteiger partial charge in [-0.1, -0.05) is 64.9 Å². The van der Waals surface area contributed by atoms with E-state index in [2.05, 4.69) is 32.1 Å². The summed E-state index contributed by atoms with van der Waals surface area (Å²) in [5, 5.41) is 18.7. The summed E-state index contributed by atoms with van der Waals surface area (Å²) in [4.78, 5) is 13.1. The SMILES string of the molecule is Cc1ccc(-n2nnnc2SC(C(=O)Nc2cc(C)on2)c2ccccc2)c(C)c1. The van der Waals surface area contributed by atoms with Crippen molar-refractivity contribution in [3.63, 3.8) is 0 Å². The summed E-state index contributed by atoms with van der Waals surface area (Å²) < 4.78 is 6.70. The number of nitrogens with zero attached hydrogens (tertiary/aromatic N) is 5. The maximum absolute atomic E-state index is 13.1. The minimum atomic E-state index is -0.585. The van der Waals surface area contributed by atoms with Crippen LogP contribution >= 0.6 is 11.8 Å². The highest BCUT2D eigenvalue weighted by Crippen LogP contribution is 2.36. The van der Waals surface area contributed by atoms with Crippen molar-refractivity contribution in [1.82, 2.24) is 25.4 Å². The Morgan fingerprint density at radius 2 is 1.90 bits per heavy atom. The minimum Gasteiger partial charge on any atom is -0.360 e. The molecule has 4 aromatic rings. The van der Waals surface area contributed by atoms with E-state index in [0.717, 1.165) is 22.4 Å². The highest BCUT2D eigenvalue weighted by atomic mass is 32.2. The van der Waals surface area contributed by atoms with Gasteiger partial charge in [0, 0.05) is 6.07 Å². The van der Waals surface area contributed by atoms with Crippen molar-refractivity contribution in [3.8, 4) is 5.69 Å². The molecule has 1 atom stereocenters. The molecule has 1 N–H and O–H groups in total. The highest BCUT2D eigenvalue weighted by molar-refractivity contribution is 8.00. The molecule has 1 unspecified atom stereocenters. The second-order valence-corrected chi connectivity index (χ2v) is 7.96. The first kappa shape index (κ1) is 19.8. The van der Waals surface area contributed by atoms with Crippen molar-refractivity contribution in [1.29, 1.82) is 0 Å². The first-order chi connectivity index (χ1) is 14.5. The van der Waals surface area contributed by atoms with Crippen LogP contribution in [0.2, 0.25) is 0 Å². The molecule has 0 saturated carbocycles. The number of thioether (sulfide) groups is 1. The van der Waals surface area contributed by atoms with Gasteiger partial charge in [-0.05, 0) is 48.4 Å². The molecule has 0 spiro atoms. The second-order valence-electron chi connectivity index (χ2n) is 6.88. The summed E-state index contributed by atoms with van der Waals surface area (Å²) in [6, 6.07) is 17.2. The molecule has 0 saturated heterocycles. The molecule has 0 radical (unpaired) electrons. The fourth-order valence-electron chi connectivity index (χ4n) is 3.07. The molecule has 0 fully saturated rings. The van der Waals surface area contributed by atoms with E-state index in [-0.39, 0.29) is 5.91 Å². The van der Waals surface area contributed by atoms with E-state index in [1.54, 1.807) is 17.7 Å². The number of carbonyl (C=O) groups is 1. The molecule has 9 heteroatoms. The standard InChI is InChI=1S/C21H20N6O2S/c1-13-9-10-17(14(2)11-13)27-21(23-25-26-27)30-19(16-7-5-4-6-8-16)20(28)22-18-12-15(3)29-24-18/h4-12,19H,1-3H3,(H,22,24,28). The lowest BCUT2D eigenvalue weighted by Gasteiger charge is -2.16. The van der Waals surface area contributed by atoms with Crippen LogP contribution in [0.25, 0.3) is 5.69 Å². The molecule has 0 bridgehead atoms. The Bertz CT molecular complexity index is 1170. The van der Waals surface area contributed by atoms with Crippen molar-refractivity contribution in [2.75, 3.05) is 5.32 Å². The van der Waals surface area contributed by atoms with Crippen molar-refractivity contribution in [2.45, 2.75) is 31.2 Å². The largest absolute Gasteiger partial charge is 0.360 e. The predicted molar refractivity (Wildman–Crippen MR) is 114 cm³/mol. The van der Waals surface area contributed by atoms with E-state index < -0.39 is 5.25 Å². The Morgan fingerprint density at radius 1 is 1.10 bits per heavy atom. The predicted octanol–water partition coefficient (Wildman–Crippen LogP) is 4.05. The Hall–Kier alpha value is -3.46. The van der Waals surface area contributed by atoms with Gasteiger partial charge in [-0.2, -0.15) is 4.68 Å². The van der Waals surface area contributed by atoms with Crippen LogP contribution in [0.1, 0.15) is 27.7 Å². The van der Waals surface area contributed by atoms with E-state index >= 15 is 0 Å². The van der Waals surface area contributed by atoms with Gasteiger partial charge in [0.05, 0.1) is 5.69 Å². The van der Waals surface area contributed by atoms with Crippen LogP contribution in [0.5, 0.6) is 0 Å². The van der Waals surface area contributed by atoms with Gasteiger partial charge < -0.3 is 9.84 Å². The number of benzene rings is 2. The summed E-state index contributed by atoms with van der Waals surface area (Å²) in [6.07, 6.45) is 0. The topological polar surface area (TPSA) is 98.7 Å². The van der Waals surface area contributed by atoms with Crippen LogP contribution in [0, 0.1) is 20.8 Å². The monoisotopic (exact) mass is 420 g/mol. The fourth-order valence-corrected chi connectivity index (χ4v) is 4.06. The summed E-state index contributed by atoms with van der Waals surface area (Å²) in [6.45, 7) is 5.81. The number of carbonyl (C=O) groups excluding carboxylic acids is 1. The second kappa shape index (κ2) is 8.50. The summed E-state index contributed by atoms with van der Waals surface area (Å²) in [5.74, 6) is 0.746. The molecule has 0 aliphatic heterocycles. The highest BCUT2D eigenvalue weighted by Gasteiger charge is 2.26. The van der Waals surface area contributed by atoms with Crippen LogP contribution in [0.3, 0.4) is 0 Å². The fraction of sp³-hybridized carbons (Fsp3) is 0.190. The number of aryl methyl sites for hydroxylation is 3. The van der Waals surface area contributed by atoms with Crippen LogP contribution < -0.4 is 5.32 Å². The maximum atomic E-state index is 13.1. The van der Waals surface area contributed by atoms with Gasteiger partial charge >= 0.3 is 0 Å². The summed E-state index contributed by atoms with van der Waals surface area (Å²) in [7, 11) is 0. The molecule has 8 nitrogen and oxygen atoms in total. The summed E-state index contributed by atoms with van der Waals surface area (Å²) in [5.41, 5.74) is 3.90. The lowest BCUT2D eigenvalue weighted by Crippen LogP contribution is -2.19. The third-order valence-electron chi connectivity index (χ3n) is 4.46. The number of aromatic nitrogens is 5. The van der Waals surface area contributed by atoms with E-state index in [1.165, 1.54) is 11.8 Å². The molecule has 1 amide bonds. The number of tetrazole rings is 1. The molecule has 2 heterocycles.